The molecule has 0 aromatic heterocycles. The maximum absolute atomic E-state index is 14.6. The van der Waals surface area contributed by atoms with Crippen molar-refractivity contribution < 1.29 is 40.2 Å². The third-order valence-electron chi connectivity index (χ3n) is 6.55. The molecule has 2 aromatic rings. The minimum absolute atomic E-state index is 0.262. The molecule has 194 valence electrons. The lowest BCUT2D eigenvalue weighted by Crippen LogP contribution is -2.24. The first-order valence-electron chi connectivity index (χ1n) is 11.9. The molecule has 0 radical (unpaired) electrons. The average molecular weight is 507 g/mol. The van der Waals surface area contributed by atoms with Crippen LogP contribution >= 0.6 is 0 Å². The first-order chi connectivity index (χ1) is 16.6. The SMILES string of the molecule is CCCC[C@H]1CC[C@H](CCc2ccc(C(F)(F)Oc3cc(F)c(OC(F)F)c(F)c3)c(F)c2)CC1. The lowest BCUT2D eigenvalue weighted by molar-refractivity contribution is -0.187. The average Bonchev–Trinajstić information content (AvgIpc) is 2.79. The van der Waals surface area contributed by atoms with Gasteiger partial charge in [0.1, 0.15) is 11.6 Å². The summed E-state index contributed by atoms with van der Waals surface area (Å²) in [6, 6.07) is 3.80. The van der Waals surface area contributed by atoms with Crippen molar-refractivity contribution in [2.75, 3.05) is 0 Å². The molecule has 0 spiro atoms. The molecule has 0 aliphatic heterocycles. The summed E-state index contributed by atoms with van der Waals surface area (Å²) >= 11 is 0. The van der Waals surface area contributed by atoms with Gasteiger partial charge in [0.25, 0.3) is 0 Å². The van der Waals surface area contributed by atoms with E-state index >= 15 is 0 Å². The summed E-state index contributed by atoms with van der Waals surface area (Å²) in [6.07, 6.45) is 5.47. The van der Waals surface area contributed by atoms with Gasteiger partial charge in [-0.25, -0.2) is 13.2 Å². The van der Waals surface area contributed by atoms with Gasteiger partial charge in [-0.2, -0.15) is 17.6 Å². The Kier molecular flexibility index (Phi) is 9.30. The molecule has 0 heterocycles. The molecule has 2 aromatic carbocycles. The molecule has 9 heteroatoms. The molecule has 1 saturated carbocycles. The summed E-state index contributed by atoms with van der Waals surface area (Å²) in [4.78, 5) is 0. The van der Waals surface area contributed by atoms with Crippen LogP contribution in [0.5, 0.6) is 11.5 Å². The van der Waals surface area contributed by atoms with Crippen molar-refractivity contribution in [3.8, 4) is 11.5 Å². The van der Waals surface area contributed by atoms with Gasteiger partial charge in [-0.15, -0.1) is 0 Å². The monoisotopic (exact) mass is 506 g/mol. The maximum Gasteiger partial charge on any atom is 0.429 e. The second-order valence-corrected chi connectivity index (χ2v) is 9.10. The summed E-state index contributed by atoms with van der Waals surface area (Å²) < 4.78 is 104. The molecule has 1 fully saturated rings. The highest BCUT2D eigenvalue weighted by atomic mass is 19.3. The number of aryl methyl sites for hydroxylation is 1. The van der Waals surface area contributed by atoms with Crippen molar-refractivity contribution in [3.05, 3.63) is 58.9 Å². The van der Waals surface area contributed by atoms with E-state index in [1.807, 2.05) is 0 Å². The largest absolute Gasteiger partial charge is 0.429 e. The lowest BCUT2D eigenvalue weighted by atomic mass is 9.78. The van der Waals surface area contributed by atoms with Crippen LogP contribution < -0.4 is 9.47 Å². The van der Waals surface area contributed by atoms with Crippen molar-refractivity contribution in [2.24, 2.45) is 11.8 Å². The predicted molar refractivity (Wildman–Crippen MR) is 117 cm³/mol. The highest BCUT2D eigenvalue weighted by molar-refractivity contribution is 5.36. The van der Waals surface area contributed by atoms with Crippen molar-refractivity contribution in [3.63, 3.8) is 0 Å². The third kappa shape index (κ3) is 7.51. The van der Waals surface area contributed by atoms with Crippen molar-refractivity contribution in [2.45, 2.75) is 77.4 Å². The standard InChI is InChI=1S/C26H29F7O2/c1-2-3-4-16-5-7-17(8-6-16)9-10-18-11-12-20(21(27)13-18)26(32,33)35-19-14-22(28)24(23(29)15-19)34-25(30)31/h11-17,25H,2-10H2,1H3/t16-,17-. The van der Waals surface area contributed by atoms with Crippen molar-refractivity contribution >= 4 is 0 Å². The normalized spacial score (nSPS) is 18.7. The van der Waals surface area contributed by atoms with E-state index in [0.29, 0.717) is 17.9 Å². The van der Waals surface area contributed by atoms with Crippen LogP contribution in [0.1, 0.15) is 69.4 Å². The first kappa shape index (κ1) is 27.1. The second-order valence-electron chi connectivity index (χ2n) is 9.10. The van der Waals surface area contributed by atoms with E-state index in [1.54, 1.807) is 0 Å². The summed E-state index contributed by atoms with van der Waals surface area (Å²) in [5, 5.41) is 0. The van der Waals surface area contributed by atoms with Crippen LogP contribution in [0.4, 0.5) is 30.7 Å². The molecule has 0 N–H and O–H groups in total. The van der Waals surface area contributed by atoms with Gasteiger partial charge in [-0.3, -0.25) is 0 Å². The van der Waals surface area contributed by atoms with Crippen LogP contribution in [0, 0.1) is 29.3 Å². The molecule has 3 rings (SSSR count). The van der Waals surface area contributed by atoms with E-state index in [-0.39, 0.29) is 12.1 Å². The van der Waals surface area contributed by atoms with Crippen molar-refractivity contribution in [1.82, 2.24) is 0 Å². The molecule has 0 unspecified atom stereocenters. The van der Waals surface area contributed by atoms with E-state index in [9.17, 15) is 30.7 Å². The van der Waals surface area contributed by atoms with Gasteiger partial charge < -0.3 is 9.47 Å². The molecule has 0 bridgehead atoms. The number of benzene rings is 2. The van der Waals surface area contributed by atoms with Crippen molar-refractivity contribution in [1.29, 1.82) is 0 Å². The Labute approximate surface area is 200 Å². The smallest absolute Gasteiger partial charge is 0.429 e. The zero-order valence-corrected chi connectivity index (χ0v) is 19.4. The molecule has 0 saturated heterocycles. The Balaban J connectivity index is 1.60. The van der Waals surface area contributed by atoms with Crippen LogP contribution in [0.3, 0.4) is 0 Å². The molecule has 0 atom stereocenters. The fourth-order valence-electron chi connectivity index (χ4n) is 4.62. The Morgan fingerprint density at radius 2 is 1.49 bits per heavy atom. The van der Waals surface area contributed by atoms with E-state index in [2.05, 4.69) is 16.4 Å². The Hall–Kier alpha value is -2.45. The number of halogens is 7. The summed E-state index contributed by atoms with van der Waals surface area (Å²) in [6.45, 7) is -1.33. The van der Waals surface area contributed by atoms with Gasteiger partial charge in [0.05, 0.1) is 5.56 Å². The fourth-order valence-corrected chi connectivity index (χ4v) is 4.62. The molecule has 1 aliphatic rings. The molecular weight excluding hydrogens is 477 g/mol. The minimum atomic E-state index is -4.26. The Bertz CT molecular complexity index is 949. The summed E-state index contributed by atoms with van der Waals surface area (Å²) in [5.41, 5.74) is -0.535. The highest BCUT2D eigenvalue weighted by Crippen LogP contribution is 2.37. The molecular formula is C26H29F7O2. The predicted octanol–water partition coefficient (Wildman–Crippen LogP) is 8.76. The van der Waals surface area contributed by atoms with Crippen LogP contribution in [0.2, 0.25) is 0 Å². The number of ether oxygens (including phenoxy) is 2. The van der Waals surface area contributed by atoms with Crippen LogP contribution in [-0.4, -0.2) is 6.61 Å². The number of unbranched alkanes of at least 4 members (excludes halogenated alkanes) is 1. The lowest BCUT2D eigenvalue weighted by Gasteiger charge is -2.28. The Morgan fingerprint density at radius 1 is 0.886 bits per heavy atom. The van der Waals surface area contributed by atoms with Crippen LogP contribution in [0.25, 0.3) is 0 Å². The van der Waals surface area contributed by atoms with E-state index in [4.69, 9.17) is 0 Å². The number of alkyl halides is 4. The van der Waals surface area contributed by atoms with E-state index in [0.717, 1.165) is 37.3 Å². The quantitative estimate of drug-likeness (QED) is 0.284. The maximum atomic E-state index is 14.6. The third-order valence-corrected chi connectivity index (χ3v) is 6.55. The van der Waals surface area contributed by atoms with Crippen LogP contribution in [0.15, 0.2) is 30.3 Å². The van der Waals surface area contributed by atoms with E-state index < -0.39 is 47.2 Å². The summed E-state index contributed by atoms with van der Waals surface area (Å²) in [7, 11) is 0. The number of hydrogen-bond acceptors (Lipinski definition) is 2. The molecule has 0 amide bonds. The zero-order valence-electron chi connectivity index (χ0n) is 19.4. The van der Waals surface area contributed by atoms with Gasteiger partial charge in [-0.05, 0) is 42.4 Å². The van der Waals surface area contributed by atoms with Crippen LogP contribution in [-0.2, 0) is 12.5 Å². The second kappa shape index (κ2) is 12.0. The fraction of sp³-hybridized carbons (Fsp3) is 0.538. The molecule has 1 aliphatic carbocycles. The van der Waals surface area contributed by atoms with E-state index in [1.165, 1.54) is 38.2 Å². The first-order valence-corrected chi connectivity index (χ1v) is 11.9. The Morgan fingerprint density at radius 3 is 2.03 bits per heavy atom. The highest BCUT2D eigenvalue weighted by Gasteiger charge is 2.38. The topological polar surface area (TPSA) is 18.5 Å². The van der Waals surface area contributed by atoms with Gasteiger partial charge in [-0.1, -0.05) is 57.9 Å². The number of rotatable bonds is 11. The molecule has 2 nitrogen and oxygen atoms in total. The van der Waals surface area contributed by atoms with Gasteiger partial charge in [0, 0.05) is 12.1 Å². The summed E-state index contributed by atoms with van der Waals surface area (Å²) in [5.74, 6) is -5.67. The number of hydrogen-bond donors (Lipinski definition) is 0. The molecule has 35 heavy (non-hydrogen) atoms. The van der Waals surface area contributed by atoms with Gasteiger partial charge in [0.15, 0.2) is 17.4 Å². The zero-order chi connectivity index (χ0) is 25.6. The van der Waals surface area contributed by atoms with Gasteiger partial charge >= 0.3 is 12.7 Å². The van der Waals surface area contributed by atoms with Gasteiger partial charge in [0.2, 0.25) is 0 Å². The minimum Gasteiger partial charge on any atom is -0.429 e.